The lowest BCUT2D eigenvalue weighted by Gasteiger charge is -2.19. The van der Waals surface area contributed by atoms with Crippen LogP contribution in [-0.4, -0.2) is 17.8 Å². The lowest BCUT2D eigenvalue weighted by molar-refractivity contribution is 0.241. The van der Waals surface area contributed by atoms with Crippen LogP contribution in [-0.2, 0) is 0 Å². The molecule has 2 rings (SSSR count). The fourth-order valence-electron chi connectivity index (χ4n) is 2.06. The molecular formula is C17H20BrNO2. The predicted octanol–water partition coefficient (Wildman–Crippen LogP) is 4.38. The molecule has 1 atom stereocenters. The second kappa shape index (κ2) is 7.48. The minimum absolute atomic E-state index is 0.0151. The maximum absolute atomic E-state index is 9.66. The zero-order chi connectivity index (χ0) is 15.2. The number of hydrogen-bond acceptors (Lipinski definition) is 3. The summed E-state index contributed by atoms with van der Waals surface area (Å²) in [4.78, 5) is 0. The molecule has 112 valence electrons. The van der Waals surface area contributed by atoms with Crippen LogP contribution in [0.15, 0.2) is 53.0 Å². The quantitative estimate of drug-likeness (QED) is 0.812. The van der Waals surface area contributed by atoms with E-state index < -0.39 is 0 Å². The Hall–Kier alpha value is -1.52. The predicted molar refractivity (Wildman–Crippen MR) is 89.8 cm³/mol. The first-order valence-corrected chi connectivity index (χ1v) is 7.77. The smallest absolute Gasteiger partial charge is 0.120 e. The fraction of sp³-hybridized carbons (Fsp3) is 0.294. The number of anilines is 1. The van der Waals surface area contributed by atoms with Gasteiger partial charge in [0.15, 0.2) is 0 Å². The van der Waals surface area contributed by atoms with E-state index in [0.29, 0.717) is 0 Å². The van der Waals surface area contributed by atoms with Gasteiger partial charge in [0, 0.05) is 10.2 Å². The Morgan fingerprint density at radius 3 is 2.48 bits per heavy atom. The van der Waals surface area contributed by atoms with Gasteiger partial charge in [-0.2, -0.15) is 0 Å². The van der Waals surface area contributed by atoms with E-state index in [0.717, 1.165) is 21.5 Å². The van der Waals surface area contributed by atoms with Gasteiger partial charge in [0.2, 0.25) is 0 Å². The molecule has 0 aliphatic rings. The molecule has 0 fully saturated rings. The van der Waals surface area contributed by atoms with Gasteiger partial charge in [-0.3, -0.25) is 0 Å². The fourth-order valence-corrected chi connectivity index (χ4v) is 2.32. The highest BCUT2D eigenvalue weighted by Gasteiger charge is 2.11. The van der Waals surface area contributed by atoms with Crippen LogP contribution < -0.4 is 10.1 Å². The summed E-state index contributed by atoms with van der Waals surface area (Å²) in [5, 5.41) is 13.0. The van der Waals surface area contributed by atoms with Crippen molar-refractivity contribution in [3.8, 4) is 5.75 Å². The van der Waals surface area contributed by atoms with Crippen LogP contribution in [0.1, 0.15) is 25.5 Å². The lowest BCUT2D eigenvalue weighted by Crippen LogP contribution is -2.15. The van der Waals surface area contributed by atoms with Crippen LogP contribution in [0.3, 0.4) is 0 Å². The molecule has 2 N–H and O–H groups in total. The molecule has 2 aromatic rings. The highest BCUT2D eigenvalue weighted by atomic mass is 79.9. The van der Waals surface area contributed by atoms with Gasteiger partial charge in [-0.15, -0.1) is 0 Å². The van der Waals surface area contributed by atoms with Crippen LogP contribution >= 0.6 is 15.9 Å². The third-order valence-corrected chi connectivity index (χ3v) is 3.53. The van der Waals surface area contributed by atoms with Crippen molar-refractivity contribution in [1.82, 2.24) is 0 Å². The number of rotatable bonds is 6. The van der Waals surface area contributed by atoms with Gasteiger partial charge in [-0.05, 0) is 55.8 Å². The molecule has 0 saturated carbocycles. The molecule has 1 unspecified atom stereocenters. The van der Waals surface area contributed by atoms with Gasteiger partial charge in [-0.25, -0.2) is 0 Å². The van der Waals surface area contributed by atoms with Crippen LogP contribution in [0.4, 0.5) is 5.69 Å². The number of benzene rings is 2. The zero-order valence-corrected chi connectivity index (χ0v) is 13.8. The van der Waals surface area contributed by atoms with E-state index in [2.05, 4.69) is 21.2 Å². The van der Waals surface area contributed by atoms with E-state index >= 15 is 0 Å². The largest absolute Gasteiger partial charge is 0.491 e. The molecule has 3 nitrogen and oxygen atoms in total. The number of halogens is 1. The Bertz CT molecular complexity index is 569. The molecule has 0 heterocycles. The molecule has 21 heavy (non-hydrogen) atoms. The molecule has 0 radical (unpaired) electrons. The van der Waals surface area contributed by atoms with E-state index in [1.54, 1.807) is 0 Å². The topological polar surface area (TPSA) is 41.5 Å². The second-order valence-electron chi connectivity index (χ2n) is 5.13. The molecule has 4 heteroatoms. The van der Waals surface area contributed by atoms with Crippen molar-refractivity contribution >= 4 is 21.6 Å². The Kier molecular flexibility index (Phi) is 5.65. The standard InChI is InChI=1S/C17H20BrNO2/c1-12(2)21-16-5-3-4-13(10-16)17(11-20)19-15-8-6-14(18)7-9-15/h3-10,12,17,19-20H,11H2,1-2H3. The second-order valence-corrected chi connectivity index (χ2v) is 6.04. The summed E-state index contributed by atoms with van der Waals surface area (Å²) < 4.78 is 6.73. The van der Waals surface area contributed by atoms with Gasteiger partial charge in [0.05, 0.1) is 18.8 Å². The van der Waals surface area contributed by atoms with Crippen LogP contribution in [0.25, 0.3) is 0 Å². The third kappa shape index (κ3) is 4.76. The third-order valence-electron chi connectivity index (χ3n) is 3.00. The van der Waals surface area contributed by atoms with Crippen molar-refractivity contribution in [3.63, 3.8) is 0 Å². The number of nitrogens with one attached hydrogen (secondary N) is 1. The summed E-state index contributed by atoms with van der Waals surface area (Å²) >= 11 is 3.41. The van der Waals surface area contributed by atoms with Crippen molar-refractivity contribution in [2.45, 2.75) is 26.0 Å². The van der Waals surface area contributed by atoms with Gasteiger partial charge >= 0.3 is 0 Å². The SMILES string of the molecule is CC(C)Oc1cccc(C(CO)Nc2ccc(Br)cc2)c1. The maximum Gasteiger partial charge on any atom is 0.120 e. The van der Waals surface area contributed by atoms with Gasteiger partial charge in [0.1, 0.15) is 5.75 Å². The number of ether oxygens (including phenoxy) is 1. The lowest BCUT2D eigenvalue weighted by atomic mass is 10.1. The molecular weight excluding hydrogens is 330 g/mol. The average molecular weight is 350 g/mol. The van der Waals surface area contributed by atoms with Crippen LogP contribution in [0.2, 0.25) is 0 Å². The summed E-state index contributed by atoms with van der Waals surface area (Å²) in [7, 11) is 0. The molecule has 0 saturated heterocycles. The van der Waals surface area contributed by atoms with Crippen molar-refractivity contribution in [3.05, 3.63) is 58.6 Å². The average Bonchev–Trinajstić information content (AvgIpc) is 2.46. The number of hydrogen-bond donors (Lipinski definition) is 2. The van der Waals surface area contributed by atoms with Crippen molar-refractivity contribution in [2.24, 2.45) is 0 Å². The van der Waals surface area contributed by atoms with Crippen LogP contribution in [0.5, 0.6) is 5.75 Å². The molecule has 0 amide bonds. The number of aliphatic hydroxyl groups excluding tert-OH is 1. The first-order chi connectivity index (χ1) is 10.1. The number of aliphatic hydroxyl groups is 1. The molecule has 2 aromatic carbocycles. The summed E-state index contributed by atoms with van der Waals surface area (Å²) in [6.45, 7) is 4.01. The monoisotopic (exact) mass is 349 g/mol. The Labute approximate surface area is 134 Å². The Morgan fingerprint density at radius 2 is 1.86 bits per heavy atom. The van der Waals surface area contributed by atoms with Gasteiger partial charge in [0.25, 0.3) is 0 Å². The normalized spacial score (nSPS) is 12.2. The first kappa shape index (κ1) is 15.9. The van der Waals surface area contributed by atoms with Crippen molar-refractivity contribution in [1.29, 1.82) is 0 Å². The van der Waals surface area contributed by atoms with Crippen LogP contribution in [0, 0.1) is 0 Å². The molecule has 0 aliphatic carbocycles. The zero-order valence-electron chi connectivity index (χ0n) is 12.2. The summed E-state index contributed by atoms with van der Waals surface area (Å²) in [6, 6.07) is 15.5. The Morgan fingerprint density at radius 1 is 1.14 bits per heavy atom. The Balaban J connectivity index is 2.15. The van der Waals surface area contributed by atoms with E-state index in [1.807, 2.05) is 62.4 Å². The van der Waals surface area contributed by atoms with E-state index in [4.69, 9.17) is 4.74 Å². The highest BCUT2D eigenvalue weighted by Crippen LogP contribution is 2.24. The molecule has 0 spiro atoms. The summed E-state index contributed by atoms with van der Waals surface area (Å²) in [6.07, 6.45) is 0.132. The van der Waals surface area contributed by atoms with E-state index in [9.17, 15) is 5.11 Å². The van der Waals surface area contributed by atoms with Crippen molar-refractivity contribution in [2.75, 3.05) is 11.9 Å². The van der Waals surface area contributed by atoms with Crippen molar-refractivity contribution < 1.29 is 9.84 Å². The van der Waals surface area contributed by atoms with Gasteiger partial charge < -0.3 is 15.2 Å². The minimum atomic E-state index is -0.165. The van der Waals surface area contributed by atoms with Gasteiger partial charge in [-0.1, -0.05) is 28.1 Å². The molecule has 0 aliphatic heterocycles. The minimum Gasteiger partial charge on any atom is -0.491 e. The first-order valence-electron chi connectivity index (χ1n) is 6.98. The van der Waals surface area contributed by atoms with E-state index in [1.165, 1.54) is 0 Å². The molecule has 0 aromatic heterocycles. The van der Waals surface area contributed by atoms with E-state index in [-0.39, 0.29) is 18.8 Å². The molecule has 0 bridgehead atoms. The highest BCUT2D eigenvalue weighted by molar-refractivity contribution is 9.10. The summed E-state index contributed by atoms with van der Waals surface area (Å²) in [5.74, 6) is 0.818. The maximum atomic E-state index is 9.66. The summed E-state index contributed by atoms with van der Waals surface area (Å²) in [5.41, 5.74) is 1.96.